The number of hydrogen-bond donors (Lipinski definition) is 3. The standard InChI is InChI=1S/3C33H27B5N2P/c1-33(2)24-15-7-8-16-25(24)35-26-17-9-11-19-28(26)40-27-18-10-6-14-22(27)23-20-29(30(33)31(35)32(23)40)41(36-34-37(41)38(36)41)39-21-12-4-3-5-13-21;1-33(2)23-15-7-8-16-25(23)35-26-17-9-11-19-28(26)40-27-18-10-6-14-22(27)30-29(20-24(33)31(35)32(30)40)41(36-34-37(41)38(36)41)39-21-12-4-3-5-13-21;1-33(2)24-20-19-23-22-13-6-8-16-27(22)40-28-17-9-7-14-25(28)35(31(24)32(23)40)26-15-10-18-29(30(26)33)41(36-34-37(41)38(36)41)39-21-11-4-3-5-12-21/h3*3-20,39H,34H2,1-2H3/q3*-1. The Kier molecular flexibility index (Phi) is 12.1. The van der Waals surface area contributed by atoms with E-state index in [-0.39, 0.29) is 57.6 Å². The zero-order valence-corrected chi connectivity index (χ0v) is 73.5. The fourth-order valence-corrected chi connectivity index (χ4v) is 65.1. The van der Waals surface area contributed by atoms with Crippen LogP contribution in [0, 0.1) is 0 Å². The number of aromatic nitrogens is 3. The van der Waals surface area contributed by atoms with Crippen molar-refractivity contribution in [2.24, 2.45) is 0 Å². The number of nitrogens with one attached hydrogen (secondary N) is 3. The first-order valence-electron chi connectivity index (χ1n) is 46.7. The molecular formula is C99H81B15N6P3-3. The van der Waals surface area contributed by atoms with Gasteiger partial charge < -0.3 is 0 Å². The van der Waals surface area contributed by atoms with Crippen molar-refractivity contribution in [3.8, 4) is 17.1 Å². The Balaban J connectivity index is 0.0000000892. The summed E-state index contributed by atoms with van der Waals surface area (Å²) in [6.07, 6.45) is 2.31. The van der Waals surface area contributed by atoms with Crippen LogP contribution < -0.4 is 80.3 Å². The van der Waals surface area contributed by atoms with Crippen molar-refractivity contribution in [1.82, 2.24) is 13.7 Å². The van der Waals surface area contributed by atoms with Crippen molar-refractivity contribution in [1.29, 1.82) is 0 Å². The van der Waals surface area contributed by atoms with Crippen molar-refractivity contribution in [2.75, 3.05) is 15.3 Å². The first-order valence-corrected chi connectivity index (χ1v) is 54.0. The Hall–Kier alpha value is -10.6. The summed E-state index contributed by atoms with van der Waals surface area (Å²) in [5.41, 5.74) is 39.3. The molecule has 0 radical (unpaired) electrons. The molecule has 12 fully saturated rings. The molecule has 0 unspecified atom stereocenters. The number of rotatable bonds is 9. The van der Waals surface area contributed by atoms with Gasteiger partial charge in [0.15, 0.2) is 0 Å². The summed E-state index contributed by atoms with van der Waals surface area (Å²) in [7, 11) is 0.535. The molecule has 0 aliphatic carbocycles. The molecule has 3 N–H and O–H groups in total. The third kappa shape index (κ3) is 7.19. The Bertz CT molecular complexity index is 8040. The summed E-state index contributed by atoms with van der Waals surface area (Å²) in [6, 6.07) is 125. The predicted molar refractivity (Wildman–Crippen MR) is 559 cm³/mol. The number of benzene rings is 15. The van der Waals surface area contributed by atoms with Crippen molar-refractivity contribution < 1.29 is 0 Å². The minimum absolute atomic E-state index is 0.0592. The average Bonchev–Trinajstić information content (AvgIpc) is 1.36. The summed E-state index contributed by atoms with van der Waals surface area (Å²) in [6.45, 7) is 15.9. The Morgan fingerprint density at radius 2 is 0.626 bits per heavy atom. The monoisotopic (exact) mass is 1610 g/mol. The predicted octanol–water partition coefficient (Wildman–Crippen LogP) is 11.4. The second kappa shape index (κ2) is 21.6. The van der Waals surface area contributed by atoms with Gasteiger partial charge in [0.05, 0.1) is 0 Å². The topological polar surface area (TPSA) is 50.9 Å². The number of fused-ring (bicyclic) bond motifs is 24. The molecule has 12 saturated heterocycles. The number of anilines is 3. The quantitative estimate of drug-likeness (QED) is 0.0997. The van der Waals surface area contributed by atoms with Crippen LogP contribution in [-0.2, 0) is 16.2 Å². The van der Waals surface area contributed by atoms with E-state index in [1.165, 1.54) is 144 Å². The Labute approximate surface area is 723 Å². The summed E-state index contributed by atoms with van der Waals surface area (Å²) < 4.78 is 7.85. The van der Waals surface area contributed by atoms with Gasteiger partial charge in [0.1, 0.15) is 0 Å². The van der Waals surface area contributed by atoms with Gasteiger partial charge in [-0.25, -0.2) is 0 Å². The van der Waals surface area contributed by atoms with E-state index < -0.39 is 19.2 Å². The van der Waals surface area contributed by atoms with Gasteiger partial charge in [-0.05, 0) is 0 Å². The van der Waals surface area contributed by atoms with Gasteiger partial charge in [-0.15, -0.1) is 0 Å². The zero-order valence-electron chi connectivity index (χ0n) is 70.8. The van der Waals surface area contributed by atoms with Crippen LogP contribution in [0.15, 0.2) is 328 Å². The molecule has 0 amide bonds. The Morgan fingerprint density at radius 3 is 1.13 bits per heavy atom. The van der Waals surface area contributed by atoms with E-state index in [1.807, 2.05) is 0 Å². The molecule has 15 aromatic carbocycles. The van der Waals surface area contributed by atoms with E-state index in [2.05, 4.69) is 398 Å². The summed E-state index contributed by atoms with van der Waals surface area (Å²) >= 11 is 0. The normalized spacial score (nSPS) is 20.9. The Morgan fingerprint density at radius 1 is 0.260 bits per heavy atom. The molecule has 18 aliphatic heterocycles. The number of hydrogen-bond acceptors (Lipinski definition) is 3. The van der Waals surface area contributed by atoms with Gasteiger partial charge in [0.2, 0.25) is 0 Å². The van der Waals surface area contributed by atoms with Crippen molar-refractivity contribution in [3.05, 3.63) is 361 Å². The van der Waals surface area contributed by atoms with E-state index in [4.69, 9.17) is 0 Å². The fourth-order valence-electron chi connectivity index (χ4n) is 33.6. The van der Waals surface area contributed by atoms with Gasteiger partial charge >= 0.3 is 729 Å². The summed E-state index contributed by atoms with van der Waals surface area (Å²) in [4.78, 5) is 0. The maximum atomic E-state index is 4.43. The molecule has 18 aliphatic rings. The van der Waals surface area contributed by atoms with Crippen molar-refractivity contribution in [3.63, 3.8) is 0 Å². The second-order valence-corrected chi connectivity index (χ2v) is 59.6. The molecule has 0 spiro atoms. The molecular weight excluding hydrogens is 1530 g/mol. The molecule has 6 bridgehead atoms. The SMILES string of the molecule is CC1(C)c2ccc3c4ccccc4n4c3c2B(c2ccccc2-4)c2cccc(P34(Nc5ccccc5)B5[BH2-]B3B54)c21.CC1(C)c2ccccc2B2c3ccccc3-n3c4ccccc4c4c(P56(Nc7ccccc7)B7[BH2-]B5B76)cc1c2c43.CC1(C)c2ccccc2B2c3ccccc3-n3c4ccccc4c4cc(P56(Nc7ccccc7)B7[BH2-]B5B76)c1c2c43. The van der Waals surface area contributed by atoms with Crippen LogP contribution in [0.25, 0.3) is 82.5 Å². The summed E-state index contributed by atoms with van der Waals surface area (Å²) in [5, 5.41) is 27.1. The molecule has 36 rings (SSSR count). The van der Waals surface area contributed by atoms with Crippen LogP contribution in [-0.4, -0.2) is 111 Å². The van der Waals surface area contributed by atoms with E-state index in [0.29, 0.717) is 0 Å². The number of nitrogens with zero attached hydrogens (tertiary/aromatic N) is 3. The number of para-hydroxylation sites is 9. The molecule has 24 heteroatoms. The molecule has 123 heavy (non-hydrogen) atoms. The van der Waals surface area contributed by atoms with Gasteiger partial charge in [-0.1, -0.05) is 0 Å². The first-order chi connectivity index (χ1) is 60.2. The molecule has 0 atom stereocenters. The second-order valence-electron chi connectivity index (χ2n) is 42.8. The molecule has 18 aromatic rings. The van der Waals surface area contributed by atoms with Crippen LogP contribution in [0.5, 0.6) is 0 Å². The summed E-state index contributed by atoms with van der Waals surface area (Å²) in [5.74, 6) is 0. The van der Waals surface area contributed by atoms with E-state index in [1.54, 1.807) is 54.4 Å². The van der Waals surface area contributed by atoms with Gasteiger partial charge in [-0.2, -0.15) is 0 Å². The molecule has 0 saturated carbocycles. The molecule has 570 valence electrons. The van der Waals surface area contributed by atoms with Crippen molar-refractivity contribution in [2.45, 2.75) is 57.8 Å². The van der Waals surface area contributed by atoms with Gasteiger partial charge in [0.25, 0.3) is 0 Å². The van der Waals surface area contributed by atoms with Crippen LogP contribution in [0.4, 0.5) is 17.1 Å². The van der Waals surface area contributed by atoms with E-state index in [0.717, 1.165) is 55.9 Å². The van der Waals surface area contributed by atoms with Crippen LogP contribution >= 0.6 is 19.2 Å². The van der Waals surface area contributed by atoms with Gasteiger partial charge in [0, 0.05) is 0 Å². The van der Waals surface area contributed by atoms with E-state index >= 15 is 0 Å². The van der Waals surface area contributed by atoms with Crippen LogP contribution in [0.1, 0.15) is 74.9 Å². The third-order valence-corrected chi connectivity index (χ3v) is 64.0. The zero-order chi connectivity index (χ0) is 80.7. The van der Waals surface area contributed by atoms with Crippen LogP contribution in [0.3, 0.4) is 0 Å². The van der Waals surface area contributed by atoms with Gasteiger partial charge in [-0.3, -0.25) is 0 Å². The van der Waals surface area contributed by atoms with E-state index in [9.17, 15) is 0 Å². The minimum atomic E-state index is -2.21. The average molecular weight is 1610 g/mol. The fraction of sp³-hybridized carbons (Fsp3) is 0.0909. The van der Waals surface area contributed by atoms with Crippen LogP contribution in [0.2, 0.25) is 0 Å². The van der Waals surface area contributed by atoms with Crippen molar-refractivity contribution >= 4 is 264 Å². The molecule has 3 aromatic heterocycles. The maximum absolute atomic E-state index is 4.43. The molecule has 6 nitrogen and oxygen atoms in total. The third-order valence-electron chi connectivity index (χ3n) is 38.8. The molecule has 21 heterocycles. The first kappa shape index (κ1) is 68.8.